The Bertz CT molecular complexity index is 1600. The van der Waals surface area contributed by atoms with E-state index in [1.54, 1.807) is 0 Å². The molecular formula is C19H21N5O4. The van der Waals surface area contributed by atoms with E-state index in [2.05, 4.69) is 9.97 Å². The molecule has 146 valence electrons. The van der Waals surface area contributed by atoms with Gasteiger partial charge in [0.2, 0.25) is 5.95 Å². The zero-order valence-electron chi connectivity index (χ0n) is 28.9. The van der Waals surface area contributed by atoms with Gasteiger partial charge >= 0.3 is 0 Å². The van der Waals surface area contributed by atoms with Crippen LogP contribution in [0.5, 0.6) is 11.5 Å². The summed E-state index contributed by atoms with van der Waals surface area (Å²) in [5.74, 6) is -5.37. The van der Waals surface area contributed by atoms with E-state index in [9.17, 15) is 4.79 Å². The van der Waals surface area contributed by atoms with Crippen molar-refractivity contribution in [2.75, 3.05) is 50.8 Å². The fourth-order valence-electron chi connectivity index (χ4n) is 2.39. The lowest BCUT2D eigenvalue weighted by Crippen LogP contribution is -2.49. The molecule has 3 aromatic rings. The lowest BCUT2D eigenvalue weighted by Gasteiger charge is -2.34. The maximum atomic E-state index is 13.0. The lowest BCUT2D eigenvalue weighted by atomic mass is 10.2. The Hall–Kier alpha value is -3.49. The van der Waals surface area contributed by atoms with Gasteiger partial charge < -0.3 is 29.4 Å². The van der Waals surface area contributed by atoms with Crippen LogP contribution in [0.4, 0.5) is 11.8 Å². The van der Waals surface area contributed by atoms with E-state index in [4.69, 9.17) is 40.2 Å². The predicted molar refractivity (Wildman–Crippen MR) is 104 cm³/mol. The van der Waals surface area contributed by atoms with E-state index in [0.29, 0.717) is 9.80 Å². The minimum absolute atomic E-state index is 0.398. The molecule has 1 aliphatic heterocycles. The van der Waals surface area contributed by atoms with Gasteiger partial charge in [-0.25, -0.2) is 4.98 Å². The second-order valence-electron chi connectivity index (χ2n) is 5.34. The van der Waals surface area contributed by atoms with Crippen molar-refractivity contribution in [2.45, 2.75) is 0 Å². The second-order valence-corrected chi connectivity index (χ2v) is 5.34. The Balaban J connectivity index is 1.85. The summed E-state index contributed by atoms with van der Waals surface area (Å²) in [6.45, 7) is -7.39. The molecule has 1 fully saturated rings. The highest BCUT2D eigenvalue weighted by Gasteiger charge is 2.25. The van der Waals surface area contributed by atoms with Gasteiger partial charge in [0.25, 0.3) is 5.91 Å². The molecule has 0 atom stereocenters. The van der Waals surface area contributed by atoms with Crippen molar-refractivity contribution in [1.29, 1.82) is 0 Å². The maximum absolute atomic E-state index is 13.0. The molecule has 9 heteroatoms. The third-order valence-corrected chi connectivity index (χ3v) is 3.71. The zero-order chi connectivity index (χ0) is 32.6. The van der Waals surface area contributed by atoms with Gasteiger partial charge in [-0.1, -0.05) is 0 Å². The molecule has 0 spiro atoms. The number of fused-ring (bicyclic) bond motifs is 1. The Morgan fingerprint density at radius 2 is 2.04 bits per heavy atom. The zero-order valence-corrected chi connectivity index (χ0v) is 13.9. The summed E-state index contributed by atoms with van der Waals surface area (Å²) in [5, 5.41) is -0.501. The minimum atomic E-state index is -3.25. The SMILES string of the molecule is [2H]c1oc(C(=O)N2CC([2H])([2H])N(c3nc(N)c4c([2H])c(OC([2H])([2H])[2H])c(OC([2H])([2H])[2H])c([2H])c4n3)C([2H])([2H])C2)c([2H])c1[2H]. The molecule has 1 saturated heterocycles. The van der Waals surface area contributed by atoms with Crippen molar-refractivity contribution < 1.29 is 39.2 Å². The van der Waals surface area contributed by atoms with Gasteiger partial charge in [0.15, 0.2) is 17.3 Å². The molecule has 2 aromatic heterocycles. The fraction of sp³-hybridized carbons (Fsp3) is 0.316. The number of aromatic nitrogens is 2. The number of nitrogens with zero attached hydrogens (tertiary/aromatic N) is 4. The van der Waals surface area contributed by atoms with Gasteiger partial charge in [-0.05, 0) is 18.1 Å². The van der Waals surface area contributed by atoms with Crippen molar-refractivity contribution in [3.05, 3.63) is 36.2 Å². The van der Waals surface area contributed by atoms with Gasteiger partial charge in [-0.15, -0.1) is 0 Å². The first kappa shape index (κ1) is 7.50. The predicted octanol–water partition coefficient (Wildman–Crippen LogP) is 1.78. The van der Waals surface area contributed by atoms with E-state index in [-0.39, 0.29) is 0 Å². The monoisotopic (exact) mass is 398 g/mol. The van der Waals surface area contributed by atoms with E-state index in [1.807, 2.05) is 0 Å². The number of carbonyl (C=O) groups excluding carboxylic acids is 1. The number of carbonyl (C=O) groups is 1. The van der Waals surface area contributed by atoms with E-state index >= 15 is 0 Å². The van der Waals surface area contributed by atoms with Gasteiger partial charge in [-0.3, -0.25) is 4.79 Å². The van der Waals surface area contributed by atoms with Gasteiger partial charge in [0.05, 0.1) is 45.0 Å². The molecule has 4 rings (SSSR count). The standard InChI is InChI=1S/C19H21N5O4/c1-26-15-10-12-13(11-16(15)27-2)21-19(22-17(12)20)24-7-5-23(6-8-24)18(25)14-4-3-9-28-14/h3-4,9-11H,5-8H2,1-2H3,(H2,20,21,22)/i1D3,2D3,3D,4D,7D2,8D2,9D,10D,11D. The molecule has 1 aliphatic rings. The first-order valence-electron chi connectivity index (χ1n) is 15.1. The minimum Gasteiger partial charge on any atom is -0.493 e. The van der Waals surface area contributed by atoms with Crippen molar-refractivity contribution in [1.82, 2.24) is 14.9 Å². The molecular weight excluding hydrogens is 362 g/mol. The van der Waals surface area contributed by atoms with Gasteiger partial charge in [-0.2, -0.15) is 4.98 Å². The highest BCUT2D eigenvalue weighted by Crippen LogP contribution is 2.34. The average molecular weight is 398 g/mol. The summed E-state index contributed by atoms with van der Waals surface area (Å²) in [6.07, 6.45) is -0.785. The highest BCUT2D eigenvalue weighted by atomic mass is 16.5. The number of furan rings is 1. The smallest absolute Gasteiger partial charge is 0.289 e. The molecule has 1 amide bonds. The number of anilines is 2. The Labute approximate surface area is 182 Å². The van der Waals surface area contributed by atoms with Crippen molar-refractivity contribution in [3.8, 4) is 11.5 Å². The summed E-state index contributed by atoms with van der Waals surface area (Å²) in [4.78, 5) is 21.9. The number of nitrogen functional groups attached to an aromatic ring is 1. The largest absolute Gasteiger partial charge is 0.493 e. The number of methoxy groups -OCH3 is 2. The summed E-state index contributed by atoms with van der Waals surface area (Å²) in [6, 6.07) is -3.25. The van der Waals surface area contributed by atoms with Crippen molar-refractivity contribution >= 4 is 28.6 Å². The van der Waals surface area contributed by atoms with Crippen LogP contribution in [0.15, 0.2) is 34.8 Å². The molecule has 28 heavy (non-hydrogen) atoms. The molecule has 1 aromatic carbocycles. The maximum Gasteiger partial charge on any atom is 0.289 e. The summed E-state index contributed by atoms with van der Waals surface area (Å²) < 4.78 is 133. The number of piperazine rings is 1. The molecule has 0 saturated carbocycles. The molecule has 0 bridgehead atoms. The third kappa shape index (κ3) is 3.15. The van der Waals surface area contributed by atoms with Gasteiger partial charge in [0.1, 0.15) is 7.19 Å². The Kier molecular flexibility index (Phi) is 1.94. The lowest BCUT2D eigenvalue weighted by molar-refractivity contribution is 0.0714. The number of nitrogens with two attached hydrogens (primary N) is 1. The summed E-state index contributed by atoms with van der Waals surface area (Å²) in [5.41, 5.74) is 5.37. The summed E-state index contributed by atoms with van der Waals surface area (Å²) in [7, 11) is -6.47. The van der Waals surface area contributed by atoms with Crippen molar-refractivity contribution in [2.24, 2.45) is 0 Å². The van der Waals surface area contributed by atoms with Crippen LogP contribution in [0.2, 0.25) is 0 Å². The van der Waals surface area contributed by atoms with E-state index < -0.39 is 116 Å². The Morgan fingerprint density at radius 3 is 2.71 bits per heavy atom. The molecule has 2 N–H and O–H groups in total. The molecule has 3 heterocycles. The number of amides is 1. The quantitative estimate of drug-likeness (QED) is 0.709. The molecule has 0 aliphatic carbocycles. The van der Waals surface area contributed by atoms with Crippen LogP contribution in [0.25, 0.3) is 10.9 Å². The van der Waals surface area contributed by atoms with Crippen LogP contribution >= 0.6 is 0 Å². The first-order chi connectivity index (χ1) is 19.4. The molecule has 0 radical (unpaired) electrons. The molecule has 0 unspecified atom stereocenters. The summed E-state index contributed by atoms with van der Waals surface area (Å²) >= 11 is 0. The fourth-order valence-corrected chi connectivity index (χ4v) is 2.39. The van der Waals surface area contributed by atoms with Crippen LogP contribution in [0.3, 0.4) is 0 Å². The van der Waals surface area contributed by atoms with Crippen LogP contribution < -0.4 is 20.1 Å². The third-order valence-electron chi connectivity index (χ3n) is 3.71. The van der Waals surface area contributed by atoms with Crippen LogP contribution in [0.1, 0.15) is 31.1 Å². The highest BCUT2D eigenvalue weighted by molar-refractivity contribution is 5.92. The topological polar surface area (TPSA) is 107 Å². The van der Waals surface area contributed by atoms with E-state index in [0.717, 1.165) is 0 Å². The van der Waals surface area contributed by atoms with Crippen LogP contribution in [-0.2, 0) is 0 Å². The average Bonchev–Trinajstić information content (AvgIpc) is 3.08. The van der Waals surface area contributed by atoms with E-state index in [1.165, 1.54) is 0 Å². The first-order valence-corrected chi connectivity index (χ1v) is 7.60. The van der Waals surface area contributed by atoms with Crippen LogP contribution in [-0.4, -0.2) is 60.9 Å². The normalized spacial score (nSPS) is 26.6. The second kappa shape index (κ2) is 7.26. The van der Waals surface area contributed by atoms with Gasteiger partial charge in [0, 0.05) is 37.5 Å². The number of rotatable bonds is 4. The number of benzene rings is 1. The van der Waals surface area contributed by atoms with Crippen LogP contribution in [0, 0.1) is 0 Å². The number of hydrogen-bond acceptors (Lipinski definition) is 8. The van der Waals surface area contributed by atoms with Crippen molar-refractivity contribution in [3.63, 3.8) is 0 Å². The number of ether oxygens (including phenoxy) is 2. The number of hydrogen-bond donors (Lipinski definition) is 1. The Morgan fingerprint density at radius 1 is 1.29 bits per heavy atom. The molecule has 9 nitrogen and oxygen atoms in total.